The summed E-state index contributed by atoms with van der Waals surface area (Å²) in [5.41, 5.74) is 0.365. The molecule has 7 nitrogen and oxygen atoms in total. The Bertz CT molecular complexity index is 718. The van der Waals surface area contributed by atoms with E-state index in [1.165, 1.54) is 24.0 Å². The predicted molar refractivity (Wildman–Crippen MR) is 91.5 cm³/mol. The van der Waals surface area contributed by atoms with E-state index in [-0.39, 0.29) is 19.0 Å². The van der Waals surface area contributed by atoms with Crippen LogP contribution in [0.1, 0.15) is 6.92 Å². The molecule has 0 bridgehead atoms. The predicted octanol–water partition coefficient (Wildman–Crippen LogP) is 1.13. The van der Waals surface area contributed by atoms with E-state index in [0.29, 0.717) is 35.8 Å². The van der Waals surface area contributed by atoms with E-state index in [1.54, 1.807) is 6.07 Å². The number of carbonyl (C=O) groups is 2. The molecule has 2 N–H and O–H groups in total. The van der Waals surface area contributed by atoms with Gasteiger partial charge in [0.05, 0.1) is 25.4 Å². The van der Waals surface area contributed by atoms with Gasteiger partial charge in [0.1, 0.15) is 17.7 Å². The first kappa shape index (κ1) is 17.1. The van der Waals surface area contributed by atoms with Crippen molar-refractivity contribution in [1.82, 2.24) is 10.6 Å². The summed E-state index contributed by atoms with van der Waals surface area (Å²) in [6.45, 7) is 4.47. The SMILES string of the molecule is CC(=O)NC[C@H]1CN(c2cc(F)ccc2OC[C@@H]2C3CNC[C@@H]32)C(=O)O1. The number of halogens is 1. The third kappa shape index (κ3) is 3.33. The highest BCUT2D eigenvalue weighted by molar-refractivity contribution is 5.91. The highest BCUT2D eigenvalue weighted by Crippen LogP contribution is 2.49. The first-order valence-corrected chi connectivity index (χ1v) is 8.88. The summed E-state index contributed by atoms with van der Waals surface area (Å²) in [6, 6.07) is 4.16. The van der Waals surface area contributed by atoms with Crippen LogP contribution < -0.4 is 20.3 Å². The first-order chi connectivity index (χ1) is 12.5. The largest absolute Gasteiger partial charge is 0.491 e. The number of benzene rings is 1. The van der Waals surface area contributed by atoms with Crippen LogP contribution in [0.5, 0.6) is 5.75 Å². The molecule has 4 atom stereocenters. The molecule has 3 aliphatic rings. The summed E-state index contributed by atoms with van der Waals surface area (Å²) in [4.78, 5) is 24.6. The van der Waals surface area contributed by atoms with Gasteiger partial charge >= 0.3 is 6.09 Å². The minimum Gasteiger partial charge on any atom is -0.491 e. The van der Waals surface area contributed by atoms with Crippen LogP contribution in [0.4, 0.5) is 14.9 Å². The smallest absolute Gasteiger partial charge is 0.414 e. The number of nitrogens with zero attached hydrogens (tertiary/aromatic N) is 1. The van der Waals surface area contributed by atoms with Crippen LogP contribution in [0.15, 0.2) is 18.2 Å². The zero-order chi connectivity index (χ0) is 18.3. The lowest BCUT2D eigenvalue weighted by molar-refractivity contribution is -0.119. The molecule has 2 amide bonds. The standard InChI is InChI=1S/C18H22FN3O4/c1-10(23)21-5-12-8-22(18(24)26-12)16-4-11(19)2-3-17(16)25-9-15-13-6-20-7-14(13)15/h2-4,12-15,20H,5-9H2,1H3,(H,21,23)/t12-,13-,14?,15-/m0/s1. The molecule has 0 aromatic heterocycles. The van der Waals surface area contributed by atoms with Crippen LogP contribution in [0.25, 0.3) is 0 Å². The van der Waals surface area contributed by atoms with Crippen molar-refractivity contribution in [3.05, 3.63) is 24.0 Å². The molecule has 8 heteroatoms. The molecular weight excluding hydrogens is 341 g/mol. The summed E-state index contributed by atoms with van der Waals surface area (Å²) >= 11 is 0. The van der Waals surface area contributed by atoms with Crippen molar-refractivity contribution in [2.24, 2.45) is 17.8 Å². The minimum absolute atomic E-state index is 0.196. The Labute approximate surface area is 150 Å². The molecule has 1 aromatic carbocycles. The number of carbonyl (C=O) groups excluding carboxylic acids is 2. The molecule has 1 saturated carbocycles. The van der Waals surface area contributed by atoms with Gasteiger partial charge < -0.3 is 20.1 Å². The van der Waals surface area contributed by atoms with Crippen molar-refractivity contribution in [2.45, 2.75) is 13.0 Å². The minimum atomic E-state index is -0.566. The van der Waals surface area contributed by atoms with Gasteiger partial charge in [-0.05, 0) is 37.1 Å². The molecule has 1 aromatic rings. The van der Waals surface area contributed by atoms with Gasteiger partial charge in [0.15, 0.2) is 0 Å². The molecule has 140 valence electrons. The summed E-state index contributed by atoms with van der Waals surface area (Å²) in [5.74, 6) is 1.68. The van der Waals surface area contributed by atoms with Crippen LogP contribution in [-0.2, 0) is 9.53 Å². The molecule has 0 radical (unpaired) electrons. The highest BCUT2D eigenvalue weighted by atomic mass is 19.1. The Morgan fingerprint density at radius 3 is 2.92 bits per heavy atom. The molecule has 1 aliphatic carbocycles. The van der Waals surface area contributed by atoms with E-state index >= 15 is 0 Å². The van der Waals surface area contributed by atoms with Crippen LogP contribution in [0.2, 0.25) is 0 Å². The van der Waals surface area contributed by atoms with Crippen molar-refractivity contribution < 1.29 is 23.5 Å². The first-order valence-electron chi connectivity index (χ1n) is 8.88. The number of hydrogen-bond donors (Lipinski definition) is 2. The van der Waals surface area contributed by atoms with Gasteiger partial charge in [-0.3, -0.25) is 9.69 Å². The van der Waals surface area contributed by atoms with E-state index in [0.717, 1.165) is 13.1 Å². The van der Waals surface area contributed by atoms with E-state index < -0.39 is 18.0 Å². The van der Waals surface area contributed by atoms with Crippen LogP contribution in [0, 0.1) is 23.6 Å². The normalized spacial score (nSPS) is 29.3. The summed E-state index contributed by atoms with van der Waals surface area (Å²) < 4.78 is 25.0. The third-order valence-corrected chi connectivity index (χ3v) is 5.36. The molecule has 26 heavy (non-hydrogen) atoms. The second-order valence-corrected chi connectivity index (χ2v) is 7.13. The van der Waals surface area contributed by atoms with E-state index in [9.17, 15) is 14.0 Å². The number of amides is 2. The van der Waals surface area contributed by atoms with Gasteiger partial charge in [0, 0.05) is 18.9 Å². The summed E-state index contributed by atoms with van der Waals surface area (Å²) in [6.07, 6.45) is -1.04. The molecule has 4 rings (SSSR count). The van der Waals surface area contributed by atoms with Gasteiger partial charge in [-0.1, -0.05) is 0 Å². The Morgan fingerprint density at radius 1 is 1.42 bits per heavy atom. The van der Waals surface area contributed by atoms with E-state index in [1.807, 2.05) is 0 Å². The Kier molecular flexibility index (Phi) is 4.44. The maximum atomic E-state index is 13.8. The molecule has 0 spiro atoms. The Hall–Kier alpha value is -2.35. The lowest BCUT2D eigenvalue weighted by atomic mass is 10.2. The van der Waals surface area contributed by atoms with E-state index in [4.69, 9.17) is 9.47 Å². The van der Waals surface area contributed by atoms with Crippen molar-refractivity contribution in [3.8, 4) is 5.75 Å². The van der Waals surface area contributed by atoms with Gasteiger partial charge in [-0.25, -0.2) is 9.18 Å². The fraction of sp³-hybridized carbons (Fsp3) is 0.556. The molecule has 3 fully saturated rings. The number of piperidine rings is 1. The lowest BCUT2D eigenvalue weighted by Crippen LogP contribution is -2.33. The Balaban J connectivity index is 1.44. The fourth-order valence-electron chi connectivity index (χ4n) is 3.89. The highest BCUT2D eigenvalue weighted by Gasteiger charge is 2.53. The van der Waals surface area contributed by atoms with Gasteiger partial charge in [0.2, 0.25) is 5.91 Å². The second-order valence-electron chi connectivity index (χ2n) is 7.13. The van der Waals surface area contributed by atoms with Crippen LogP contribution in [0.3, 0.4) is 0 Å². The van der Waals surface area contributed by atoms with E-state index in [2.05, 4.69) is 10.6 Å². The number of nitrogens with one attached hydrogen (secondary N) is 2. The van der Waals surface area contributed by atoms with Gasteiger partial charge in [-0.2, -0.15) is 0 Å². The number of cyclic esters (lactones) is 1. The fourth-order valence-corrected chi connectivity index (χ4v) is 3.89. The number of anilines is 1. The molecule has 1 unspecified atom stereocenters. The number of ether oxygens (including phenoxy) is 2. The summed E-state index contributed by atoms with van der Waals surface area (Å²) in [7, 11) is 0. The van der Waals surface area contributed by atoms with Gasteiger partial charge in [0.25, 0.3) is 0 Å². The Morgan fingerprint density at radius 2 is 2.19 bits per heavy atom. The topological polar surface area (TPSA) is 79.9 Å². The molecule has 2 heterocycles. The van der Waals surface area contributed by atoms with Gasteiger partial charge in [-0.15, -0.1) is 0 Å². The zero-order valence-corrected chi connectivity index (χ0v) is 14.5. The zero-order valence-electron chi connectivity index (χ0n) is 14.5. The second kappa shape index (κ2) is 6.75. The molecular formula is C18H22FN3O4. The summed E-state index contributed by atoms with van der Waals surface area (Å²) in [5, 5.41) is 5.96. The van der Waals surface area contributed by atoms with Crippen LogP contribution >= 0.6 is 0 Å². The number of rotatable bonds is 6. The molecule has 2 saturated heterocycles. The van der Waals surface area contributed by atoms with Crippen molar-refractivity contribution >= 4 is 17.7 Å². The lowest BCUT2D eigenvalue weighted by Gasteiger charge is -2.18. The average Bonchev–Trinajstić information content (AvgIpc) is 2.95. The molecule has 2 aliphatic heterocycles. The maximum Gasteiger partial charge on any atom is 0.414 e. The number of hydrogen-bond acceptors (Lipinski definition) is 5. The average molecular weight is 363 g/mol. The number of fused-ring (bicyclic) bond motifs is 1. The van der Waals surface area contributed by atoms with Crippen molar-refractivity contribution in [1.29, 1.82) is 0 Å². The maximum absolute atomic E-state index is 13.8. The van der Waals surface area contributed by atoms with Crippen LogP contribution in [-0.4, -0.2) is 50.9 Å². The third-order valence-electron chi connectivity index (χ3n) is 5.36. The quantitative estimate of drug-likeness (QED) is 0.792. The van der Waals surface area contributed by atoms with Crippen molar-refractivity contribution in [3.63, 3.8) is 0 Å². The monoisotopic (exact) mass is 363 g/mol. The van der Waals surface area contributed by atoms with Crippen molar-refractivity contribution in [2.75, 3.05) is 37.7 Å².